The maximum absolute atomic E-state index is 11.4. The number of hydrogen-bond acceptors (Lipinski definition) is 3. The molecule has 0 amide bonds. The Balaban J connectivity index is 3.30. The van der Waals surface area contributed by atoms with E-state index < -0.39 is 4.83 Å². The Morgan fingerprint density at radius 1 is 1.56 bits per heavy atom. The summed E-state index contributed by atoms with van der Waals surface area (Å²) in [6, 6.07) is 7.39. The van der Waals surface area contributed by atoms with Gasteiger partial charge in [0.15, 0.2) is 0 Å². The van der Waals surface area contributed by atoms with E-state index in [1.165, 1.54) is 6.92 Å². The fraction of sp³-hybridized carbons (Fsp3) is 0.333. The van der Waals surface area contributed by atoms with Crippen LogP contribution in [-0.2, 0) is 17.8 Å². The van der Waals surface area contributed by atoms with Crippen molar-refractivity contribution in [1.82, 2.24) is 0 Å². The zero-order valence-corrected chi connectivity index (χ0v) is 10.5. The van der Waals surface area contributed by atoms with E-state index in [2.05, 4.69) is 22.0 Å². The van der Waals surface area contributed by atoms with E-state index in [1.54, 1.807) is 18.2 Å². The zero-order chi connectivity index (χ0) is 12.1. The molecule has 16 heavy (non-hydrogen) atoms. The number of benzene rings is 1. The number of nitrogens with zero attached hydrogens (tertiary/aromatic N) is 1. The van der Waals surface area contributed by atoms with Gasteiger partial charge in [0.25, 0.3) is 0 Å². The Morgan fingerprint density at radius 2 is 2.19 bits per heavy atom. The topological polar surface area (TPSA) is 61.1 Å². The third-order valence-electron chi connectivity index (χ3n) is 2.34. The van der Waals surface area contributed by atoms with E-state index >= 15 is 0 Å². The van der Waals surface area contributed by atoms with Crippen molar-refractivity contribution < 1.29 is 9.90 Å². The Kier molecular flexibility index (Phi) is 4.66. The highest BCUT2D eigenvalue weighted by atomic mass is 79.9. The van der Waals surface area contributed by atoms with Crippen LogP contribution in [0.15, 0.2) is 18.2 Å². The molecule has 0 radical (unpaired) electrons. The fourth-order valence-corrected chi connectivity index (χ4v) is 2.16. The molecule has 0 aromatic heterocycles. The molecule has 1 aromatic carbocycles. The summed E-state index contributed by atoms with van der Waals surface area (Å²) in [6.07, 6.45) is 0.235. The van der Waals surface area contributed by atoms with Crippen molar-refractivity contribution in [3.05, 3.63) is 34.9 Å². The number of halogens is 1. The van der Waals surface area contributed by atoms with Gasteiger partial charge in [-0.3, -0.25) is 4.79 Å². The van der Waals surface area contributed by atoms with Crippen LogP contribution < -0.4 is 0 Å². The monoisotopic (exact) mass is 281 g/mol. The number of aliphatic hydroxyl groups is 1. The second-order valence-corrected chi connectivity index (χ2v) is 4.37. The molecule has 0 saturated carbocycles. The van der Waals surface area contributed by atoms with E-state index in [9.17, 15) is 9.90 Å². The third-order valence-corrected chi connectivity index (χ3v) is 3.44. The van der Waals surface area contributed by atoms with Crippen molar-refractivity contribution in [2.24, 2.45) is 0 Å². The van der Waals surface area contributed by atoms with Gasteiger partial charge in [-0.1, -0.05) is 34.1 Å². The molecule has 0 aliphatic carbocycles. The highest BCUT2D eigenvalue weighted by Gasteiger charge is 2.19. The molecule has 4 heteroatoms. The van der Waals surface area contributed by atoms with Crippen LogP contribution >= 0.6 is 15.9 Å². The summed E-state index contributed by atoms with van der Waals surface area (Å²) in [5.41, 5.74) is 2.19. The summed E-state index contributed by atoms with van der Waals surface area (Å²) in [6.45, 7) is 1.34. The number of ketones is 1. The second-order valence-electron chi connectivity index (χ2n) is 3.46. The molecule has 1 N–H and O–H groups in total. The molecule has 0 fully saturated rings. The SMILES string of the molecule is CC(=O)C(Br)c1c(CO)cccc1CC#N. The van der Waals surface area contributed by atoms with Crippen LogP contribution in [0, 0.1) is 11.3 Å². The highest BCUT2D eigenvalue weighted by Crippen LogP contribution is 2.30. The molecule has 1 rings (SSSR count). The van der Waals surface area contributed by atoms with Gasteiger partial charge in [-0.25, -0.2) is 0 Å². The first-order chi connectivity index (χ1) is 7.61. The van der Waals surface area contributed by atoms with Crippen molar-refractivity contribution in [1.29, 1.82) is 5.26 Å². The Morgan fingerprint density at radius 3 is 2.69 bits per heavy atom. The Labute approximate surface area is 103 Å². The number of alkyl halides is 1. The molecule has 0 spiro atoms. The molecule has 0 aliphatic rings. The molecule has 3 nitrogen and oxygen atoms in total. The minimum atomic E-state index is -0.459. The van der Waals surface area contributed by atoms with Gasteiger partial charge in [-0.2, -0.15) is 5.26 Å². The van der Waals surface area contributed by atoms with Gasteiger partial charge in [-0.05, 0) is 23.6 Å². The number of hydrogen-bond donors (Lipinski definition) is 1. The zero-order valence-electron chi connectivity index (χ0n) is 8.90. The average molecular weight is 282 g/mol. The van der Waals surface area contributed by atoms with Crippen LogP contribution in [0.3, 0.4) is 0 Å². The molecule has 1 unspecified atom stereocenters. The van der Waals surface area contributed by atoms with Gasteiger partial charge in [0.1, 0.15) is 5.78 Å². The van der Waals surface area contributed by atoms with Gasteiger partial charge in [-0.15, -0.1) is 0 Å². The van der Waals surface area contributed by atoms with E-state index in [4.69, 9.17) is 5.26 Å². The number of nitriles is 1. The number of carbonyl (C=O) groups excluding carboxylic acids is 1. The molecule has 0 aliphatic heterocycles. The quantitative estimate of drug-likeness (QED) is 0.862. The number of carbonyl (C=O) groups is 1. The first-order valence-corrected chi connectivity index (χ1v) is 5.76. The standard InChI is InChI=1S/C12H12BrNO2/c1-8(16)12(13)11-9(5-6-14)3-2-4-10(11)7-15/h2-4,12,15H,5,7H2,1H3. The molecule has 0 saturated heterocycles. The molecule has 1 aromatic rings. The summed E-state index contributed by atoms with van der Waals surface area (Å²) < 4.78 is 0. The van der Waals surface area contributed by atoms with Crippen molar-refractivity contribution in [3.8, 4) is 6.07 Å². The van der Waals surface area contributed by atoms with Gasteiger partial charge < -0.3 is 5.11 Å². The maximum atomic E-state index is 11.4. The first kappa shape index (κ1) is 12.9. The largest absolute Gasteiger partial charge is 0.392 e. The third kappa shape index (κ3) is 2.69. The molecular weight excluding hydrogens is 270 g/mol. The van der Waals surface area contributed by atoms with Crippen molar-refractivity contribution in [2.75, 3.05) is 0 Å². The summed E-state index contributed by atoms with van der Waals surface area (Å²) in [5.74, 6) is -0.0416. The van der Waals surface area contributed by atoms with Crippen molar-refractivity contribution in [3.63, 3.8) is 0 Å². The van der Waals surface area contributed by atoms with Gasteiger partial charge in [0.2, 0.25) is 0 Å². The minimum Gasteiger partial charge on any atom is -0.392 e. The number of rotatable bonds is 4. The second kappa shape index (κ2) is 5.78. The lowest BCUT2D eigenvalue weighted by atomic mass is 9.95. The van der Waals surface area contributed by atoms with Crippen LogP contribution in [-0.4, -0.2) is 10.9 Å². The lowest BCUT2D eigenvalue weighted by Gasteiger charge is -2.15. The number of Topliss-reactive ketones (excluding diaryl/α,β-unsaturated/α-hetero) is 1. The van der Waals surface area contributed by atoms with E-state index in [0.29, 0.717) is 5.56 Å². The van der Waals surface area contributed by atoms with Crippen LogP contribution in [0.4, 0.5) is 0 Å². The highest BCUT2D eigenvalue weighted by molar-refractivity contribution is 9.09. The van der Waals surface area contributed by atoms with Crippen molar-refractivity contribution >= 4 is 21.7 Å². The van der Waals surface area contributed by atoms with Gasteiger partial charge in [0, 0.05) is 0 Å². The molecule has 1 atom stereocenters. The smallest absolute Gasteiger partial charge is 0.147 e. The van der Waals surface area contributed by atoms with Crippen molar-refractivity contribution in [2.45, 2.75) is 24.8 Å². The minimum absolute atomic E-state index is 0.0416. The first-order valence-electron chi connectivity index (χ1n) is 4.84. The molecule has 0 bridgehead atoms. The van der Waals surface area contributed by atoms with Crippen LogP contribution in [0.1, 0.15) is 28.4 Å². The van der Waals surface area contributed by atoms with E-state index in [1.807, 2.05) is 0 Å². The van der Waals surface area contributed by atoms with Crippen LogP contribution in [0.25, 0.3) is 0 Å². The van der Waals surface area contributed by atoms with Gasteiger partial charge >= 0.3 is 0 Å². The molecule has 84 valence electrons. The molecule has 0 heterocycles. The van der Waals surface area contributed by atoms with E-state index in [-0.39, 0.29) is 18.8 Å². The average Bonchev–Trinajstić information content (AvgIpc) is 2.28. The predicted octanol–water partition coefficient (Wildman–Crippen LogP) is 2.27. The normalized spacial score (nSPS) is 11.9. The Hall–Kier alpha value is -1.18. The summed E-state index contributed by atoms with van der Waals surface area (Å²) in [5, 5.41) is 17.9. The van der Waals surface area contributed by atoms with Crippen LogP contribution in [0.2, 0.25) is 0 Å². The predicted molar refractivity (Wildman–Crippen MR) is 64.0 cm³/mol. The summed E-state index contributed by atoms with van der Waals surface area (Å²) in [7, 11) is 0. The fourth-order valence-electron chi connectivity index (χ4n) is 1.57. The summed E-state index contributed by atoms with van der Waals surface area (Å²) in [4.78, 5) is 10.9. The molecular formula is C12H12BrNO2. The number of aliphatic hydroxyl groups excluding tert-OH is 1. The summed E-state index contributed by atoms with van der Waals surface area (Å²) >= 11 is 3.29. The lowest BCUT2D eigenvalue weighted by molar-refractivity contribution is -0.116. The van der Waals surface area contributed by atoms with Crippen LogP contribution in [0.5, 0.6) is 0 Å². The van der Waals surface area contributed by atoms with Gasteiger partial charge in [0.05, 0.1) is 23.9 Å². The Bertz CT molecular complexity index is 437. The van der Waals surface area contributed by atoms with E-state index in [0.717, 1.165) is 11.1 Å². The lowest BCUT2D eigenvalue weighted by Crippen LogP contribution is -2.08. The maximum Gasteiger partial charge on any atom is 0.147 e.